The number of fused-ring (bicyclic) bond motifs is 1. The minimum absolute atomic E-state index is 0.0933. The van der Waals surface area contributed by atoms with E-state index in [4.69, 9.17) is 4.63 Å². The van der Waals surface area contributed by atoms with E-state index in [1.165, 1.54) is 0 Å². The number of ketones is 1. The van der Waals surface area contributed by atoms with Gasteiger partial charge in [0.2, 0.25) is 11.6 Å². The van der Waals surface area contributed by atoms with E-state index < -0.39 is 0 Å². The number of nitrogens with one attached hydrogen (secondary N) is 2. The van der Waals surface area contributed by atoms with Gasteiger partial charge in [-0.05, 0) is 39.8 Å². The van der Waals surface area contributed by atoms with Crippen molar-refractivity contribution in [2.75, 3.05) is 29.6 Å². The Kier molecular flexibility index (Phi) is 3.75. The first-order chi connectivity index (χ1) is 12.3. The van der Waals surface area contributed by atoms with Gasteiger partial charge in [0.05, 0.1) is 6.04 Å². The largest absolute Gasteiger partial charge is 0.378 e. The van der Waals surface area contributed by atoms with Crippen LogP contribution in [0.15, 0.2) is 40.2 Å². The van der Waals surface area contributed by atoms with Crippen molar-refractivity contribution in [2.24, 2.45) is 5.41 Å². The molecule has 1 aliphatic carbocycles. The number of aromatic nitrogens is 2. The van der Waals surface area contributed by atoms with E-state index in [0.717, 1.165) is 28.9 Å². The van der Waals surface area contributed by atoms with Crippen molar-refractivity contribution in [2.45, 2.75) is 32.7 Å². The second kappa shape index (κ2) is 5.86. The molecule has 0 fully saturated rings. The number of hydrogen-bond donors (Lipinski definition) is 2. The molecule has 1 aliphatic heterocycles. The molecular formula is C19H23N5O2. The van der Waals surface area contributed by atoms with E-state index in [1.54, 1.807) is 0 Å². The van der Waals surface area contributed by atoms with Crippen LogP contribution in [0.5, 0.6) is 0 Å². The maximum absolute atomic E-state index is 13.0. The first-order valence-electron chi connectivity index (χ1n) is 8.74. The number of carbonyl (C=O) groups excluding carboxylic acids is 1. The highest BCUT2D eigenvalue weighted by Gasteiger charge is 2.39. The van der Waals surface area contributed by atoms with E-state index in [0.29, 0.717) is 18.1 Å². The number of benzene rings is 1. The Bertz CT molecular complexity index is 880. The van der Waals surface area contributed by atoms with Crippen LogP contribution in [0.3, 0.4) is 0 Å². The van der Waals surface area contributed by atoms with Crippen LogP contribution in [0.2, 0.25) is 0 Å². The second-order valence-electron chi connectivity index (χ2n) is 7.98. The monoisotopic (exact) mass is 353 g/mol. The van der Waals surface area contributed by atoms with E-state index >= 15 is 0 Å². The zero-order chi connectivity index (χ0) is 18.5. The van der Waals surface area contributed by atoms with Crippen molar-refractivity contribution in [1.29, 1.82) is 0 Å². The highest BCUT2D eigenvalue weighted by Crippen LogP contribution is 2.44. The molecule has 7 nitrogen and oxygen atoms in total. The Morgan fingerprint density at radius 1 is 1.12 bits per heavy atom. The number of nitrogens with zero attached hydrogens (tertiary/aromatic N) is 3. The minimum atomic E-state index is -0.287. The van der Waals surface area contributed by atoms with Crippen LogP contribution < -0.4 is 15.5 Å². The van der Waals surface area contributed by atoms with Gasteiger partial charge in [0.25, 0.3) is 0 Å². The molecule has 7 heteroatoms. The fourth-order valence-corrected chi connectivity index (χ4v) is 3.71. The smallest absolute Gasteiger partial charge is 0.219 e. The Morgan fingerprint density at radius 3 is 2.50 bits per heavy atom. The third-order valence-electron chi connectivity index (χ3n) is 4.99. The number of allylic oxidation sites excluding steroid dienone is 1. The predicted octanol–water partition coefficient (Wildman–Crippen LogP) is 3.36. The van der Waals surface area contributed by atoms with E-state index in [1.807, 2.05) is 31.1 Å². The summed E-state index contributed by atoms with van der Waals surface area (Å²) >= 11 is 0. The number of Topliss-reactive ketones (excluding diaryl/α,β-unsaturated/α-hetero) is 1. The summed E-state index contributed by atoms with van der Waals surface area (Å²) in [5, 5.41) is 14.5. The maximum Gasteiger partial charge on any atom is 0.219 e. The molecule has 0 spiro atoms. The lowest BCUT2D eigenvalue weighted by atomic mass is 9.73. The average molecular weight is 353 g/mol. The summed E-state index contributed by atoms with van der Waals surface area (Å²) in [5.74, 6) is 1.20. The molecule has 2 aromatic rings. The van der Waals surface area contributed by atoms with E-state index in [9.17, 15) is 4.79 Å². The summed E-state index contributed by atoms with van der Waals surface area (Å²) in [4.78, 5) is 15.1. The van der Waals surface area contributed by atoms with Crippen molar-refractivity contribution in [3.05, 3.63) is 41.1 Å². The molecule has 1 atom stereocenters. The molecule has 26 heavy (non-hydrogen) atoms. The molecule has 4 rings (SSSR count). The second-order valence-corrected chi connectivity index (χ2v) is 7.98. The van der Waals surface area contributed by atoms with E-state index in [-0.39, 0.29) is 17.2 Å². The molecule has 1 unspecified atom stereocenters. The SMILES string of the molecule is CN(C)c1ccc(C2Nc3nonc3NC3=C2C(=O)CC(C)(C)C3)cc1. The van der Waals surface area contributed by atoms with Gasteiger partial charge in [-0.15, -0.1) is 0 Å². The molecule has 0 saturated heterocycles. The first kappa shape index (κ1) is 16.6. The summed E-state index contributed by atoms with van der Waals surface area (Å²) in [5.41, 5.74) is 3.68. The molecular weight excluding hydrogens is 330 g/mol. The Balaban J connectivity index is 1.82. The Labute approximate surface area is 152 Å². The fourth-order valence-electron chi connectivity index (χ4n) is 3.71. The zero-order valence-electron chi connectivity index (χ0n) is 15.5. The molecule has 2 heterocycles. The zero-order valence-corrected chi connectivity index (χ0v) is 15.5. The lowest BCUT2D eigenvalue weighted by Crippen LogP contribution is -2.31. The number of hydrogen-bond acceptors (Lipinski definition) is 7. The van der Waals surface area contributed by atoms with Crippen molar-refractivity contribution < 1.29 is 9.42 Å². The number of carbonyl (C=O) groups is 1. The Morgan fingerprint density at radius 2 is 1.81 bits per heavy atom. The summed E-state index contributed by atoms with van der Waals surface area (Å²) in [6, 6.07) is 7.90. The summed E-state index contributed by atoms with van der Waals surface area (Å²) < 4.78 is 4.88. The number of anilines is 3. The molecule has 0 amide bonds. The molecule has 0 saturated carbocycles. The van der Waals surface area contributed by atoms with E-state index in [2.05, 4.69) is 46.9 Å². The highest BCUT2D eigenvalue weighted by molar-refractivity contribution is 6.00. The van der Waals surface area contributed by atoms with Gasteiger partial charge >= 0.3 is 0 Å². The molecule has 1 aromatic heterocycles. The summed E-state index contributed by atoms with van der Waals surface area (Å²) in [6.45, 7) is 4.22. The first-order valence-corrected chi connectivity index (χ1v) is 8.74. The quantitative estimate of drug-likeness (QED) is 0.856. The third kappa shape index (κ3) is 2.83. The topological polar surface area (TPSA) is 83.3 Å². The van der Waals surface area contributed by atoms with Crippen molar-refractivity contribution in [1.82, 2.24) is 10.3 Å². The predicted molar refractivity (Wildman–Crippen MR) is 100 cm³/mol. The van der Waals surface area contributed by atoms with Crippen molar-refractivity contribution in [3.63, 3.8) is 0 Å². The molecule has 1 aromatic carbocycles. The van der Waals surface area contributed by atoms with Crippen molar-refractivity contribution >= 4 is 23.1 Å². The van der Waals surface area contributed by atoms with Crippen molar-refractivity contribution in [3.8, 4) is 0 Å². The van der Waals surface area contributed by atoms with Gasteiger partial charge in [-0.25, -0.2) is 4.63 Å². The maximum atomic E-state index is 13.0. The molecule has 136 valence electrons. The van der Waals surface area contributed by atoms with Gasteiger partial charge in [-0.3, -0.25) is 4.79 Å². The van der Waals surface area contributed by atoms with Gasteiger partial charge < -0.3 is 15.5 Å². The molecule has 0 bridgehead atoms. The van der Waals surface area contributed by atoms with Crippen LogP contribution in [0, 0.1) is 5.41 Å². The highest BCUT2D eigenvalue weighted by atomic mass is 16.6. The van der Waals surface area contributed by atoms with Gasteiger partial charge in [-0.1, -0.05) is 26.0 Å². The van der Waals surface area contributed by atoms with Crippen LogP contribution in [-0.2, 0) is 4.79 Å². The van der Waals surface area contributed by atoms with Crippen LogP contribution in [0.1, 0.15) is 38.3 Å². The number of rotatable bonds is 2. The van der Waals surface area contributed by atoms with Gasteiger partial charge in [-0.2, -0.15) is 0 Å². The average Bonchev–Trinajstić information content (AvgIpc) is 2.93. The van der Waals surface area contributed by atoms with Crippen LogP contribution in [0.25, 0.3) is 0 Å². The van der Waals surface area contributed by atoms with Crippen LogP contribution >= 0.6 is 0 Å². The lowest BCUT2D eigenvalue weighted by Gasteiger charge is -2.34. The lowest BCUT2D eigenvalue weighted by molar-refractivity contribution is -0.118. The van der Waals surface area contributed by atoms with Gasteiger partial charge in [0, 0.05) is 37.5 Å². The summed E-state index contributed by atoms with van der Waals surface area (Å²) in [7, 11) is 4.01. The van der Waals surface area contributed by atoms with Gasteiger partial charge in [0.15, 0.2) is 5.78 Å². The standard InChI is InChI=1S/C19H23N5O2/c1-19(2)9-13-15(14(25)10-19)16(21-18-17(20-13)22-26-23-18)11-5-7-12(8-6-11)24(3)4/h5-8,16H,9-10H2,1-4H3,(H,20,22)(H,21,23). The summed E-state index contributed by atoms with van der Waals surface area (Å²) in [6.07, 6.45) is 1.30. The normalized spacial score (nSPS) is 21.2. The molecule has 2 aliphatic rings. The van der Waals surface area contributed by atoms with Crippen LogP contribution in [0.4, 0.5) is 17.3 Å². The molecule has 0 radical (unpaired) electrons. The minimum Gasteiger partial charge on any atom is -0.378 e. The fraction of sp³-hybridized carbons (Fsp3) is 0.421. The third-order valence-corrected chi connectivity index (χ3v) is 4.99. The molecule has 2 N–H and O–H groups in total. The van der Waals surface area contributed by atoms with Gasteiger partial charge in [0.1, 0.15) is 0 Å². The van der Waals surface area contributed by atoms with Crippen LogP contribution in [-0.4, -0.2) is 30.2 Å². The Hall–Kier alpha value is -2.83.